The maximum atomic E-state index is 11.8. The van der Waals surface area contributed by atoms with Crippen molar-refractivity contribution < 1.29 is 48.0 Å². The highest BCUT2D eigenvalue weighted by Gasteiger charge is 2.23. The second-order valence-electron chi connectivity index (χ2n) is 7.04. The molecule has 194 valence electrons. The van der Waals surface area contributed by atoms with Crippen molar-refractivity contribution in [1.29, 1.82) is 0 Å². The number of nitrogens with one attached hydrogen (secondary N) is 3. The minimum Gasteiger partial charge on any atom is -0.479 e. The first-order valence-electron chi connectivity index (χ1n) is 10.6. The fourth-order valence-corrected chi connectivity index (χ4v) is 2.31. The Kier molecular flexibility index (Phi) is 17.9. The Balaban J connectivity index is 3.63. The summed E-state index contributed by atoms with van der Waals surface area (Å²) in [6, 6.07) is -1.33. The summed E-state index contributed by atoms with van der Waals surface area (Å²) in [6.07, 6.45) is -0.256. The summed E-state index contributed by atoms with van der Waals surface area (Å²) in [6.45, 7) is 8.09. The molecule has 0 aliphatic rings. The van der Waals surface area contributed by atoms with E-state index in [0.717, 1.165) is 0 Å². The van der Waals surface area contributed by atoms with Crippen LogP contribution in [0.15, 0.2) is 12.2 Å². The topological polar surface area (TPSA) is 179 Å². The Bertz CT molecular complexity index is 684. The van der Waals surface area contributed by atoms with Crippen molar-refractivity contribution in [2.45, 2.75) is 26.3 Å². The molecule has 0 aromatic rings. The molecule has 13 heteroatoms. The molecule has 0 aliphatic carbocycles. The number of hydrogen-bond acceptors (Lipinski definition) is 9. The molecule has 3 amide bonds. The number of amides is 3. The van der Waals surface area contributed by atoms with E-state index in [1.54, 1.807) is 0 Å². The molecule has 0 aromatic carbocycles. The molecule has 0 heterocycles. The van der Waals surface area contributed by atoms with E-state index < -0.39 is 23.8 Å². The zero-order valence-corrected chi connectivity index (χ0v) is 19.7. The Hall–Kier alpha value is -2.87. The quantitative estimate of drug-likeness (QED) is 0.108. The van der Waals surface area contributed by atoms with Crippen molar-refractivity contribution >= 4 is 29.5 Å². The molecule has 0 fully saturated rings. The van der Waals surface area contributed by atoms with E-state index in [1.165, 1.54) is 13.8 Å². The lowest BCUT2D eigenvalue weighted by atomic mass is 10.1. The van der Waals surface area contributed by atoms with Crippen LogP contribution in [0.4, 0.5) is 0 Å². The fourth-order valence-electron chi connectivity index (χ4n) is 2.31. The Labute approximate surface area is 198 Å². The average Bonchev–Trinajstić information content (AvgIpc) is 2.75. The van der Waals surface area contributed by atoms with Crippen LogP contribution in [0.2, 0.25) is 0 Å². The van der Waals surface area contributed by atoms with Crippen LogP contribution in [-0.4, -0.2) is 107 Å². The Morgan fingerprint density at radius 3 is 1.76 bits per heavy atom. The molecular formula is C21H35N3O10. The standard InChI is InChI=1S/C21H35N3O10/c1-15(20(21(29)30)24-17(3)26)12-18(27)22-4-6-31-9-11-34-14-19(28)23-5-7-32-8-10-33-13-16(2)25/h20H,1,4-14H2,2-3H3,(H,22,27)(H,23,28)(H,24,26)(H,29,30)/t20-/m0/s1. The lowest BCUT2D eigenvalue weighted by molar-refractivity contribution is -0.140. The number of carbonyl (C=O) groups excluding carboxylic acids is 4. The van der Waals surface area contributed by atoms with Crippen molar-refractivity contribution in [1.82, 2.24) is 16.0 Å². The summed E-state index contributed by atoms with van der Waals surface area (Å²) in [4.78, 5) is 56.3. The lowest BCUT2D eigenvalue weighted by Crippen LogP contribution is -2.42. The third kappa shape index (κ3) is 18.7. The van der Waals surface area contributed by atoms with Crippen molar-refractivity contribution in [3.05, 3.63) is 12.2 Å². The van der Waals surface area contributed by atoms with E-state index in [1.807, 2.05) is 0 Å². The van der Waals surface area contributed by atoms with E-state index in [2.05, 4.69) is 22.5 Å². The molecule has 4 N–H and O–H groups in total. The first-order valence-corrected chi connectivity index (χ1v) is 10.6. The highest BCUT2D eigenvalue weighted by molar-refractivity contribution is 5.87. The van der Waals surface area contributed by atoms with Crippen molar-refractivity contribution in [2.75, 3.05) is 65.9 Å². The number of carbonyl (C=O) groups is 5. The van der Waals surface area contributed by atoms with Crippen LogP contribution in [0.1, 0.15) is 20.3 Å². The van der Waals surface area contributed by atoms with E-state index in [4.69, 9.17) is 24.1 Å². The largest absolute Gasteiger partial charge is 0.479 e. The number of rotatable bonds is 21. The summed E-state index contributed by atoms with van der Waals surface area (Å²) < 4.78 is 20.7. The molecular weight excluding hydrogens is 454 g/mol. The van der Waals surface area contributed by atoms with Gasteiger partial charge in [-0.25, -0.2) is 4.79 Å². The zero-order chi connectivity index (χ0) is 25.8. The maximum Gasteiger partial charge on any atom is 0.330 e. The molecule has 0 saturated carbocycles. The van der Waals surface area contributed by atoms with Gasteiger partial charge in [0, 0.05) is 26.4 Å². The average molecular weight is 490 g/mol. The molecule has 0 radical (unpaired) electrons. The van der Waals surface area contributed by atoms with Crippen LogP contribution >= 0.6 is 0 Å². The second kappa shape index (κ2) is 19.6. The summed E-state index contributed by atoms with van der Waals surface area (Å²) in [5, 5.41) is 16.5. The van der Waals surface area contributed by atoms with E-state index >= 15 is 0 Å². The molecule has 0 spiro atoms. The lowest BCUT2D eigenvalue weighted by Gasteiger charge is -2.16. The van der Waals surface area contributed by atoms with Crippen molar-refractivity contribution in [3.8, 4) is 0 Å². The van der Waals surface area contributed by atoms with Gasteiger partial charge in [0.2, 0.25) is 17.7 Å². The van der Waals surface area contributed by atoms with Gasteiger partial charge in [-0.2, -0.15) is 0 Å². The minimum absolute atomic E-state index is 0.0537. The number of ketones is 1. The van der Waals surface area contributed by atoms with Crippen LogP contribution < -0.4 is 16.0 Å². The summed E-state index contributed by atoms with van der Waals surface area (Å²) in [5.41, 5.74) is 0.0537. The predicted molar refractivity (Wildman–Crippen MR) is 119 cm³/mol. The molecule has 34 heavy (non-hydrogen) atoms. The molecule has 1 atom stereocenters. The van der Waals surface area contributed by atoms with Gasteiger partial charge in [0.15, 0.2) is 5.78 Å². The van der Waals surface area contributed by atoms with Crippen LogP contribution in [0.5, 0.6) is 0 Å². The predicted octanol–water partition coefficient (Wildman–Crippen LogP) is -1.59. The van der Waals surface area contributed by atoms with Gasteiger partial charge in [-0.05, 0) is 12.5 Å². The third-order valence-electron chi connectivity index (χ3n) is 3.81. The highest BCUT2D eigenvalue weighted by Crippen LogP contribution is 2.05. The van der Waals surface area contributed by atoms with Gasteiger partial charge in [0.05, 0.1) is 39.6 Å². The number of hydrogen-bond donors (Lipinski definition) is 4. The van der Waals surface area contributed by atoms with E-state index in [-0.39, 0.29) is 63.3 Å². The highest BCUT2D eigenvalue weighted by atomic mass is 16.5. The van der Waals surface area contributed by atoms with Gasteiger partial charge in [-0.15, -0.1) is 0 Å². The number of Topliss-reactive ketones (excluding diaryl/α,β-unsaturated/α-hetero) is 1. The van der Waals surface area contributed by atoms with E-state index in [9.17, 15) is 24.0 Å². The molecule has 13 nitrogen and oxygen atoms in total. The van der Waals surface area contributed by atoms with Gasteiger partial charge in [-0.1, -0.05) is 6.58 Å². The second-order valence-corrected chi connectivity index (χ2v) is 7.04. The van der Waals surface area contributed by atoms with Crippen LogP contribution in [0.3, 0.4) is 0 Å². The number of carboxylic acids is 1. The van der Waals surface area contributed by atoms with Gasteiger partial charge in [0.1, 0.15) is 19.3 Å². The molecule has 0 rings (SSSR count). The smallest absolute Gasteiger partial charge is 0.330 e. The van der Waals surface area contributed by atoms with Gasteiger partial charge < -0.3 is 40.0 Å². The molecule has 0 aromatic heterocycles. The van der Waals surface area contributed by atoms with Crippen molar-refractivity contribution in [2.24, 2.45) is 0 Å². The monoisotopic (exact) mass is 489 g/mol. The first kappa shape index (κ1) is 31.1. The molecule has 0 bridgehead atoms. The van der Waals surface area contributed by atoms with Gasteiger partial charge >= 0.3 is 5.97 Å². The summed E-state index contributed by atoms with van der Waals surface area (Å²) >= 11 is 0. The van der Waals surface area contributed by atoms with Crippen LogP contribution in [0, 0.1) is 0 Å². The molecule has 0 saturated heterocycles. The summed E-state index contributed by atoms with van der Waals surface area (Å²) in [5.74, 6) is -2.65. The Morgan fingerprint density at radius 2 is 1.26 bits per heavy atom. The first-order chi connectivity index (χ1) is 16.1. The summed E-state index contributed by atoms with van der Waals surface area (Å²) in [7, 11) is 0. The molecule has 0 unspecified atom stereocenters. The number of aliphatic carboxylic acids is 1. The van der Waals surface area contributed by atoms with Crippen LogP contribution in [-0.2, 0) is 42.9 Å². The van der Waals surface area contributed by atoms with Gasteiger partial charge in [0.25, 0.3) is 0 Å². The SMILES string of the molecule is C=C(CC(=O)NCCOCCOCC(=O)NCCOCCOCC(C)=O)[C@H](NC(C)=O)C(=O)O. The maximum absolute atomic E-state index is 11.8. The number of carboxylic acid groups (broad SMARTS) is 1. The van der Waals surface area contributed by atoms with Crippen LogP contribution in [0.25, 0.3) is 0 Å². The van der Waals surface area contributed by atoms with Crippen molar-refractivity contribution in [3.63, 3.8) is 0 Å². The fraction of sp³-hybridized carbons (Fsp3) is 0.667. The van der Waals surface area contributed by atoms with E-state index in [0.29, 0.717) is 26.4 Å². The Morgan fingerprint density at radius 1 is 0.765 bits per heavy atom. The number of ether oxygens (including phenoxy) is 4. The zero-order valence-electron chi connectivity index (χ0n) is 19.7. The third-order valence-corrected chi connectivity index (χ3v) is 3.81. The minimum atomic E-state index is -1.33. The molecule has 0 aliphatic heterocycles. The normalized spacial score (nSPS) is 11.4. The van der Waals surface area contributed by atoms with Gasteiger partial charge in [-0.3, -0.25) is 19.2 Å².